The number of hydrogen-bond acceptors (Lipinski definition) is 3. The lowest BCUT2D eigenvalue weighted by Crippen LogP contribution is -2.39. The number of amides is 1. The summed E-state index contributed by atoms with van der Waals surface area (Å²) in [6.45, 7) is 0. The van der Waals surface area contributed by atoms with Crippen LogP contribution >= 0.6 is 0 Å². The Morgan fingerprint density at radius 3 is 2.52 bits per heavy atom. The van der Waals surface area contributed by atoms with E-state index in [1.54, 1.807) is 6.07 Å². The summed E-state index contributed by atoms with van der Waals surface area (Å²) in [5.74, 6) is -2.29. The lowest BCUT2D eigenvalue weighted by Gasteiger charge is -2.26. The minimum Gasteiger partial charge on any atom is -0.494 e. The van der Waals surface area contributed by atoms with Crippen LogP contribution in [-0.4, -0.2) is 30.1 Å². The first-order chi connectivity index (χ1) is 10.0. The summed E-state index contributed by atoms with van der Waals surface area (Å²) in [6, 6.07) is 4.29. The Labute approximate surface area is 122 Å². The highest BCUT2D eigenvalue weighted by molar-refractivity contribution is 5.95. The minimum atomic E-state index is -0.793. The number of nitrogens with one attached hydrogen (secondary N) is 1. The van der Waals surface area contributed by atoms with Crippen molar-refractivity contribution in [2.45, 2.75) is 31.7 Å². The van der Waals surface area contributed by atoms with Crippen LogP contribution in [-0.2, 0) is 4.79 Å². The summed E-state index contributed by atoms with van der Waals surface area (Å²) in [4.78, 5) is 23.0. The maximum atomic E-state index is 14.0. The van der Waals surface area contributed by atoms with Gasteiger partial charge in [0.05, 0.1) is 18.6 Å². The Morgan fingerprint density at radius 1 is 1.29 bits per heavy atom. The van der Waals surface area contributed by atoms with E-state index in [4.69, 9.17) is 9.84 Å². The van der Waals surface area contributed by atoms with E-state index in [0.717, 1.165) is 0 Å². The first kappa shape index (κ1) is 15.3. The predicted molar refractivity (Wildman–Crippen MR) is 73.8 cm³/mol. The monoisotopic (exact) mass is 295 g/mol. The van der Waals surface area contributed by atoms with Gasteiger partial charge in [0.15, 0.2) is 11.6 Å². The van der Waals surface area contributed by atoms with Crippen LogP contribution in [0.4, 0.5) is 4.39 Å². The van der Waals surface area contributed by atoms with Crippen LogP contribution in [0.25, 0.3) is 0 Å². The predicted octanol–water partition coefficient (Wildman–Crippen LogP) is 2.21. The van der Waals surface area contributed by atoms with Crippen molar-refractivity contribution in [3.8, 4) is 5.75 Å². The molecule has 0 spiro atoms. The summed E-state index contributed by atoms with van der Waals surface area (Å²) in [6.07, 6.45) is 2.24. The van der Waals surface area contributed by atoms with Gasteiger partial charge in [-0.25, -0.2) is 4.39 Å². The second kappa shape index (κ2) is 6.56. The number of hydrogen-bond donors (Lipinski definition) is 2. The number of methoxy groups -OCH3 is 1. The fourth-order valence-electron chi connectivity index (χ4n) is 2.59. The second-order valence-electron chi connectivity index (χ2n) is 5.18. The van der Waals surface area contributed by atoms with Gasteiger partial charge in [-0.1, -0.05) is 6.07 Å². The molecule has 21 heavy (non-hydrogen) atoms. The molecule has 1 aromatic rings. The highest BCUT2D eigenvalue weighted by atomic mass is 19.1. The highest BCUT2D eigenvalue weighted by Crippen LogP contribution is 2.25. The minimum absolute atomic E-state index is 0.0252. The molecule has 0 heterocycles. The van der Waals surface area contributed by atoms with Gasteiger partial charge in [0.1, 0.15) is 0 Å². The molecule has 2 rings (SSSR count). The smallest absolute Gasteiger partial charge is 0.306 e. The third kappa shape index (κ3) is 3.51. The van der Waals surface area contributed by atoms with Crippen LogP contribution in [0.3, 0.4) is 0 Å². The van der Waals surface area contributed by atoms with Crippen molar-refractivity contribution in [1.29, 1.82) is 0 Å². The van der Waals surface area contributed by atoms with E-state index in [0.29, 0.717) is 25.7 Å². The molecule has 0 unspecified atom stereocenters. The number of carbonyl (C=O) groups excluding carboxylic acids is 1. The molecule has 0 saturated heterocycles. The summed E-state index contributed by atoms with van der Waals surface area (Å²) in [5, 5.41) is 11.7. The molecule has 1 saturated carbocycles. The van der Waals surface area contributed by atoms with Gasteiger partial charge in [-0.2, -0.15) is 0 Å². The Hall–Kier alpha value is -2.11. The number of aliphatic carboxylic acids is 1. The molecule has 0 radical (unpaired) electrons. The van der Waals surface area contributed by atoms with Crippen molar-refractivity contribution in [2.24, 2.45) is 5.92 Å². The van der Waals surface area contributed by atoms with E-state index >= 15 is 0 Å². The summed E-state index contributed by atoms with van der Waals surface area (Å²) >= 11 is 0. The van der Waals surface area contributed by atoms with Crippen molar-refractivity contribution < 1.29 is 23.8 Å². The van der Waals surface area contributed by atoms with Crippen LogP contribution in [0.5, 0.6) is 5.75 Å². The normalized spacial score (nSPS) is 21.6. The molecule has 1 fully saturated rings. The van der Waals surface area contributed by atoms with E-state index in [2.05, 4.69) is 5.32 Å². The Balaban J connectivity index is 1.98. The number of halogens is 1. The standard InChI is InChI=1S/C15H18FNO4/c1-21-12-4-2-3-11(13(12)16)14(18)17-10-7-5-9(6-8-10)15(19)20/h2-4,9-10H,5-8H2,1H3,(H,17,18)(H,19,20). The summed E-state index contributed by atoms with van der Waals surface area (Å²) in [5.41, 5.74) is -0.0605. The van der Waals surface area contributed by atoms with Gasteiger partial charge >= 0.3 is 5.97 Å². The number of benzene rings is 1. The maximum Gasteiger partial charge on any atom is 0.306 e. The fourth-order valence-corrected chi connectivity index (χ4v) is 2.59. The van der Waals surface area contributed by atoms with Crippen LogP contribution in [0.15, 0.2) is 18.2 Å². The van der Waals surface area contributed by atoms with Crippen molar-refractivity contribution in [1.82, 2.24) is 5.32 Å². The van der Waals surface area contributed by atoms with Gasteiger partial charge < -0.3 is 15.2 Å². The van der Waals surface area contributed by atoms with E-state index < -0.39 is 17.7 Å². The lowest BCUT2D eigenvalue weighted by atomic mass is 9.86. The molecule has 2 N–H and O–H groups in total. The maximum absolute atomic E-state index is 14.0. The third-order valence-electron chi connectivity index (χ3n) is 3.84. The molecule has 1 amide bonds. The molecule has 0 aromatic heterocycles. The molecule has 1 aromatic carbocycles. The van der Waals surface area contributed by atoms with Crippen molar-refractivity contribution in [2.75, 3.05) is 7.11 Å². The van der Waals surface area contributed by atoms with Gasteiger partial charge in [-0.3, -0.25) is 9.59 Å². The molecule has 6 heteroatoms. The number of carbonyl (C=O) groups is 2. The summed E-state index contributed by atoms with van der Waals surface area (Å²) < 4.78 is 18.8. The van der Waals surface area contributed by atoms with Crippen molar-refractivity contribution in [3.05, 3.63) is 29.6 Å². The van der Waals surface area contributed by atoms with Gasteiger partial charge in [-0.15, -0.1) is 0 Å². The Morgan fingerprint density at radius 2 is 1.95 bits per heavy atom. The van der Waals surface area contributed by atoms with E-state index in [1.165, 1.54) is 19.2 Å². The van der Waals surface area contributed by atoms with E-state index in [9.17, 15) is 14.0 Å². The molecule has 0 aliphatic heterocycles. The Bertz CT molecular complexity index is 538. The van der Waals surface area contributed by atoms with Gasteiger partial charge in [0, 0.05) is 6.04 Å². The van der Waals surface area contributed by atoms with E-state index in [-0.39, 0.29) is 23.3 Å². The average Bonchev–Trinajstić information content (AvgIpc) is 2.48. The lowest BCUT2D eigenvalue weighted by molar-refractivity contribution is -0.142. The second-order valence-corrected chi connectivity index (χ2v) is 5.18. The Kier molecular flexibility index (Phi) is 4.77. The summed E-state index contributed by atoms with van der Waals surface area (Å²) in [7, 11) is 1.34. The SMILES string of the molecule is COc1cccc(C(=O)NC2CCC(C(=O)O)CC2)c1F. The van der Waals surface area contributed by atoms with E-state index in [1.807, 2.05) is 0 Å². The fraction of sp³-hybridized carbons (Fsp3) is 0.467. The highest BCUT2D eigenvalue weighted by Gasteiger charge is 2.27. The van der Waals surface area contributed by atoms with Crippen molar-refractivity contribution in [3.63, 3.8) is 0 Å². The zero-order valence-corrected chi connectivity index (χ0v) is 11.8. The molecule has 1 aliphatic carbocycles. The molecule has 0 atom stereocenters. The first-order valence-electron chi connectivity index (χ1n) is 6.89. The molecule has 0 bridgehead atoms. The quantitative estimate of drug-likeness (QED) is 0.893. The zero-order chi connectivity index (χ0) is 15.4. The van der Waals surface area contributed by atoms with Crippen LogP contribution in [0.1, 0.15) is 36.0 Å². The average molecular weight is 295 g/mol. The molecule has 1 aliphatic rings. The number of carboxylic acid groups (broad SMARTS) is 1. The van der Waals surface area contributed by atoms with Gasteiger partial charge in [0.2, 0.25) is 0 Å². The molecule has 114 valence electrons. The number of ether oxygens (including phenoxy) is 1. The first-order valence-corrected chi connectivity index (χ1v) is 6.89. The molecule has 5 nitrogen and oxygen atoms in total. The topological polar surface area (TPSA) is 75.6 Å². The van der Waals surface area contributed by atoms with Gasteiger partial charge in [0.25, 0.3) is 5.91 Å². The number of rotatable bonds is 4. The molecular formula is C15H18FNO4. The van der Waals surface area contributed by atoms with Crippen molar-refractivity contribution >= 4 is 11.9 Å². The molecular weight excluding hydrogens is 277 g/mol. The number of carboxylic acids is 1. The largest absolute Gasteiger partial charge is 0.494 e. The van der Waals surface area contributed by atoms with Crippen LogP contribution in [0.2, 0.25) is 0 Å². The van der Waals surface area contributed by atoms with Gasteiger partial charge in [-0.05, 0) is 37.8 Å². The van der Waals surface area contributed by atoms with Crippen LogP contribution < -0.4 is 10.1 Å². The van der Waals surface area contributed by atoms with Crippen LogP contribution in [0, 0.1) is 11.7 Å². The zero-order valence-electron chi connectivity index (χ0n) is 11.8. The third-order valence-corrected chi connectivity index (χ3v) is 3.84.